The van der Waals surface area contributed by atoms with Crippen molar-refractivity contribution in [2.75, 3.05) is 7.11 Å². The maximum Gasteiger partial charge on any atom is 0.313 e. The first-order chi connectivity index (χ1) is 8.61. The largest absolute Gasteiger partial charge is 0.469 e. The van der Waals surface area contributed by atoms with E-state index < -0.39 is 16.8 Å². The van der Waals surface area contributed by atoms with Gasteiger partial charge in [0.15, 0.2) is 0 Å². The fourth-order valence-corrected chi connectivity index (χ4v) is 1.73. The molecule has 0 saturated heterocycles. The van der Waals surface area contributed by atoms with Gasteiger partial charge in [0.2, 0.25) is 0 Å². The summed E-state index contributed by atoms with van der Waals surface area (Å²) in [6, 6.07) is 5.96. The summed E-state index contributed by atoms with van der Waals surface area (Å²) in [4.78, 5) is 32.4. The van der Waals surface area contributed by atoms with Crippen LogP contribution in [0.25, 0.3) is 0 Å². The fourth-order valence-electron chi connectivity index (χ4n) is 1.73. The molecule has 1 unspecified atom stereocenters. The van der Waals surface area contributed by atoms with Crippen molar-refractivity contribution in [3.63, 3.8) is 0 Å². The number of nitro benzene ring substituents is 1. The molecule has 96 valence electrons. The van der Waals surface area contributed by atoms with Gasteiger partial charge < -0.3 is 9.53 Å². The van der Waals surface area contributed by atoms with E-state index in [9.17, 15) is 19.7 Å². The minimum absolute atomic E-state index is 0.140. The van der Waals surface area contributed by atoms with Crippen LogP contribution in [0.5, 0.6) is 0 Å². The lowest BCUT2D eigenvalue weighted by atomic mass is 9.93. The summed E-state index contributed by atoms with van der Waals surface area (Å²) in [6.07, 6.45) is 1.01. The van der Waals surface area contributed by atoms with Crippen LogP contribution in [0.4, 0.5) is 5.69 Å². The highest BCUT2D eigenvalue weighted by atomic mass is 16.6. The number of rotatable bonds is 6. The van der Waals surface area contributed by atoms with E-state index in [4.69, 9.17) is 0 Å². The molecule has 6 nitrogen and oxygen atoms in total. The number of methoxy groups -OCH3 is 1. The van der Waals surface area contributed by atoms with Crippen LogP contribution in [0.2, 0.25) is 0 Å². The molecule has 0 saturated carbocycles. The number of hydrogen-bond donors (Lipinski definition) is 0. The van der Waals surface area contributed by atoms with Gasteiger partial charge >= 0.3 is 5.97 Å². The monoisotopic (exact) mass is 251 g/mol. The van der Waals surface area contributed by atoms with Gasteiger partial charge in [-0.3, -0.25) is 14.9 Å². The summed E-state index contributed by atoms with van der Waals surface area (Å²) in [7, 11) is 1.21. The van der Waals surface area contributed by atoms with Gasteiger partial charge in [0, 0.05) is 18.1 Å². The van der Waals surface area contributed by atoms with E-state index in [2.05, 4.69) is 4.74 Å². The van der Waals surface area contributed by atoms with Crippen molar-refractivity contribution >= 4 is 17.9 Å². The number of carbonyl (C=O) groups excluding carboxylic acids is 2. The second-order valence-electron chi connectivity index (χ2n) is 3.64. The number of benzene rings is 1. The Labute approximate surface area is 104 Å². The lowest BCUT2D eigenvalue weighted by Crippen LogP contribution is -2.16. The minimum atomic E-state index is -0.790. The smallest absolute Gasteiger partial charge is 0.313 e. The SMILES string of the molecule is COC(=O)C(CCC=O)c1ccccc1[N+](=O)[O-]. The van der Waals surface area contributed by atoms with Gasteiger partial charge in [-0.2, -0.15) is 0 Å². The van der Waals surface area contributed by atoms with E-state index in [1.54, 1.807) is 6.07 Å². The molecular formula is C12H13NO5. The number of nitro groups is 1. The quantitative estimate of drug-likeness (QED) is 0.333. The van der Waals surface area contributed by atoms with Gasteiger partial charge in [-0.15, -0.1) is 0 Å². The van der Waals surface area contributed by atoms with E-state index in [0.717, 1.165) is 0 Å². The topological polar surface area (TPSA) is 86.5 Å². The average Bonchev–Trinajstić information content (AvgIpc) is 2.39. The van der Waals surface area contributed by atoms with E-state index in [0.29, 0.717) is 6.29 Å². The molecule has 0 aliphatic carbocycles. The molecule has 1 aromatic rings. The van der Waals surface area contributed by atoms with Gasteiger partial charge in [-0.05, 0) is 6.42 Å². The third kappa shape index (κ3) is 3.13. The van der Waals surface area contributed by atoms with E-state index in [-0.39, 0.29) is 24.1 Å². The van der Waals surface area contributed by atoms with E-state index in [1.807, 2.05) is 0 Å². The summed E-state index contributed by atoms with van der Waals surface area (Å²) < 4.78 is 4.62. The maximum atomic E-state index is 11.6. The number of nitrogens with zero attached hydrogens (tertiary/aromatic N) is 1. The van der Waals surface area contributed by atoms with Gasteiger partial charge in [-0.1, -0.05) is 18.2 Å². The lowest BCUT2D eigenvalue weighted by Gasteiger charge is -2.13. The molecule has 1 atom stereocenters. The zero-order chi connectivity index (χ0) is 13.5. The molecule has 1 aromatic carbocycles. The molecule has 0 bridgehead atoms. The highest BCUT2D eigenvalue weighted by molar-refractivity contribution is 5.80. The number of carbonyl (C=O) groups is 2. The van der Waals surface area contributed by atoms with Crippen LogP contribution >= 0.6 is 0 Å². The summed E-state index contributed by atoms with van der Waals surface area (Å²) in [6.45, 7) is 0. The first-order valence-electron chi connectivity index (χ1n) is 5.36. The second-order valence-corrected chi connectivity index (χ2v) is 3.64. The first kappa shape index (κ1) is 13.8. The van der Waals surface area contributed by atoms with Crippen molar-refractivity contribution in [1.82, 2.24) is 0 Å². The van der Waals surface area contributed by atoms with Crippen LogP contribution in [0, 0.1) is 10.1 Å². The van der Waals surface area contributed by atoms with Gasteiger partial charge in [0.05, 0.1) is 18.0 Å². The summed E-state index contributed by atoms with van der Waals surface area (Å²) in [5, 5.41) is 10.9. The first-order valence-corrected chi connectivity index (χ1v) is 5.36. The van der Waals surface area contributed by atoms with Crippen LogP contribution in [-0.2, 0) is 14.3 Å². The van der Waals surface area contributed by atoms with Crippen molar-refractivity contribution in [2.45, 2.75) is 18.8 Å². The normalized spacial score (nSPS) is 11.6. The van der Waals surface area contributed by atoms with E-state index >= 15 is 0 Å². The Morgan fingerprint density at radius 1 is 1.50 bits per heavy atom. The third-order valence-electron chi connectivity index (χ3n) is 2.57. The van der Waals surface area contributed by atoms with Crippen LogP contribution in [-0.4, -0.2) is 24.3 Å². The Morgan fingerprint density at radius 2 is 2.17 bits per heavy atom. The van der Waals surface area contributed by atoms with Crippen molar-refractivity contribution in [3.8, 4) is 0 Å². The minimum Gasteiger partial charge on any atom is -0.469 e. The molecule has 0 aliphatic rings. The number of aldehydes is 1. The molecule has 0 aromatic heterocycles. The molecular weight excluding hydrogens is 238 g/mol. The Hall–Kier alpha value is -2.24. The van der Waals surface area contributed by atoms with Crippen LogP contribution in [0.1, 0.15) is 24.3 Å². The zero-order valence-electron chi connectivity index (χ0n) is 9.87. The molecule has 0 heterocycles. The highest BCUT2D eigenvalue weighted by Gasteiger charge is 2.27. The Balaban J connectivity index is 3.15. The fraction of sp³-hybridized carbons (Fsp3) is 0.333. The summed E-state index contributed by atoms with van der Waals surface area (Å²) in [5.41, 5.74) is 0.134. The maximum absolute atomic E-state index is 11.6. The standard InChI is InChI=1S/C12H13NO5/c1-18-12(15)10(6-4-8-14)9-5-2-3-7-11(9)13(16)17/h2-3,5,7-8,10H,4,6H2,1H3. The lowest BCUT2D eigenvalue weighted by molar-refractivity contribution is -0.385. The molecule has 0 amide bonds. The summed E-state index contributed by atoms with van der Waals surface area (Å²) in [5.74, 6) is -1.37. The van der Waals surface area contributed by atoms with Crippen LogP contribution < -0.4 is 0 Å². The summed E-state index contributed by atoms with van der Waals surface area (Å²) >= 11 is 0. The predicted molar refractivity (Wildman–Crippen MR) is 63.2 cm³/mol. The molecule has 0 fully saturated rings. The Bertz CT molecular complexity index is 458. The third-order valence-corrected chi connectivity index (χ3v) is 2.57. The van der Waals surface area contributed by atoms with Crippen molar-refractivity contribution in [1.29, 1.82) is 0 Å². The van der Waals surface area contributed by atoms with Crippen molar-refractivity contribution < 1.29 is 19.2 Å². The van der Waals surface area contributed by atoms with Gasteiger partial charge in [0.1, 0.15) is 6.29 Å². The molecule has 1 rings (SSSR count). The van der Waals surface area contributed by atoms with Crippen LogP contribution in [0.15, 0.2) is 24.3 Å². The van der Waals surface area contributed by atoms with Crippen molar-refractivity contribution in [3.05, 3.63) is 39.9 Å². The van der Waals surface area contributed by atoms with Gasteiger partial charge in [-0.25, -0.2) is 0 Å². The predicted octanol–water partition coefficient (Wildman–Crippen LogP) is 1.83. The van der Waals surface area contributed by atoms with Gasteiger partial charge in [0.25, 0.3) is 5.69 Å². The molecule has 6 heteroatoms. The van der Waals surface area contributed by atoms with E-state index in [1.165, 1.54) is 25.3 Å². The van der Waals surface area contributed by atoms with Crippen LogP contribution in [0.3, 0.4) is 0 Å². The highest BCUT2D eigenvalue weighted by Crippen LogP contribution is 2.30. The Kier molecular flexibility index (Phi) is 4.98. The molecule has 0 spiro atoms. The number of ether oxygens (including phenoxy) is 1. The molecule has 0 radical (unpaired) electrons. The number of hydrogen-bond acceptors (Lipinski definition) is 5. The molecule has 0 N–H and O–H groups in total. The number of esters is 1. The molecule has 18 heavy (non-hydrogen) atoms. The number of para-hydroxylation sites is 1. The molecule has 0 aliphatic heterocycles. The zero-order valence-corrected chi connectivity index (χ0v) is 9.87. The Morgan fingerprint density at radius 3 is 2.72 bits per heavy atom. The van der Waals surface area contributed by atoms with Crippen molar-refractivity contribution in [2.24, 2.45) is 0 Å². The average molecular weight is 251 g/mol. The second kappa shape index (κ2) is 6.48.